The highest BCUT2D eigenvalue weighted by molar-refractivity contribution is 7.99. The molecule has 0 aliphatic heterocycles. The number of hydrogen-bond donors (Lipinski definition) is 1. The van der Waals surface area contributed by atoms with E-state index in [-0.39, 0.29) is 11.7 Å². The summed E-state index contributed by atoms with van der Waals surface area (Å²) < 4.78 is 2.06. The van der Waals surface area contributed by atoms with Crippen molar-refractivity contribution < 1.29 is 4.79 Å². The average Bonchev–Trinajstić information content (AvgIpc) is 3.39. The third-order valence-electron chi connectivity index (χ3n) is 4.52. The van der Waals surface area contributed by atoms with Crippen molar-refractivity contribution in [2.24, 2.45) is 0 Å². The lowest BCUT2D eigenvalue weighted by Gasteiger charge is -2.11. The quantitative estimate of drug-likeness (QED) is 0.399. The lowest BCUT2D eigenvalue weighted by molar-refractivity contribution is -0.113. The molecule has 2 aromatic heterocycles. The van der Waals surface area contributed by atoms with E-state index in [2.05, 4.69) is 55.4 Å². The summed E-state index contributed by atoms with van der Waals surface area (Å²) in [4.78, 5) is 12.4. The normalized spacial score (nSPS) is 10.9. The van der Waals surface area contributed by atoms with Crippen molar-refractivity contribution in [3.63, 3.8) is 0 Å². The van der Waals surface area contributed by atoms with Gasteiger partial charge in [-0.15, -0.1) is 20.4 Å². The van der Waals surface area contributed by atoms with Crippen LogP contribution in [0.15, 0.2) is 59.8 Å². The Bertz CT molecular complexity index is 1170. The van der Waals surface area contributed by atoms with E-state index in [0.29, 0.717) is 16.8 Å². The Morgan fingerprint density at radius 2 is 1.90 bits per heavy atom. The Morgan fingerprint density at radius 3 is 2.65 bits per heavy atom. The second-order valence-corrected chi connectivity index (χ2v) is 8.94. The Kier molecular flexibility index (Phi) is 6.73. The van der Waals surface area contributed by atoms with E-state index in [1.165, 1.54) is 28.7 Å². The maximum Gasteiger partial charge on any atom is 0.236 e. The molecule has 1 amide bonds. The predicted molar refractivity (Wildman–Crippen MR) is 124 cm³/mol. The number of nitrogens with one attached hydrogen (secondary N) is 1. The molecule has 0 fully saturated rings. The summed E-state index contributed by atoms with van der Waals surface area (Å²) in [6.07, 6.45) is 0.798. The minimum absolute atomic E-state index is 0.143. The molecule has 0 atom stereocenters. The number of benzene rings is 2. The number of amides is 1. The van der Waals surface area contributed by atoms with Crippen LogP contribution in [0, 0.1) is 6.92 Å². The third kappa shape index (κ3) is 5.36. The summed E-state index contributed by atoms with van der Waals surface area (Å²) in [6, 6.07) is 18.3. The maximum atomic E-state index is 12.4. The monoisotopic (exact) mass is 450 g/mol. The van der Waals surface area contributed by atoms with Crippen molar-refractivity contribution >= 4 is 34.1 Å². The summed E-state index contributed by atoms with van der Waals surface area (Å²) in [7, 11) is 0. The van der Waals surface area contributed by atoms with Gasteiger partial charge in [-0.2, -0.15) is 0 Å². The van der Waals surface area contributed by atoms with Crippen molar-refractivity contribution in [3.05, 3.63) is 70.7 Å². The van der Waals surface area contributed by atoms with Crippen molar-refractivity contribution in [1.29, 1.82) is 0 Å². The van der Waals surface area contributed by atoms with Gasteiger partial charge in [-0.3, -0.25) is 14.7 Å². The van der Waals surface area contributed by atoms with E-state index in [0.717, 1.165) is 28.4 Å². The van der Waals surface area contributed by atoms with Crippen LogP contribution in [0.2, 0.25) is 0 Å². The standard InChI is InChI=1S/C22H22N6OS2/c1-3-19-24-26-21(31-19)23-18(29)14-30-22-27-25-20(17-10-5-4-6-11-17)28(22)13-16-9-7-8-15(2)12-16/h4-12H,3,13-14H2,1-2H3,(H,23,26,29). The van der Waals surface area contributed by atoms with Gasteiger partial charge >= 0.3 is 0 Å². The SMILES string of the molecule is CCc1nnc(NC(=O)CSc2nnc(-c3ccccc3)n2Cc2cccc(C)c2)s1. The fraction of sp³-hybridized carbons (Fsp3) is 0.227. The first-order valence-corrected chi connectivity index (χ1v) is 11.7. The van der Waals surface area contributed by atoms with E-state index in [1.807, 2.05) is 43.3 Å². The van der Waals surface area contributed by atoms with Crippen LogP contribution in [0.1, 0.15) is 23.1 Å². The highest BCUT2D eigenvalue weighted by Crippen LogP contribution is 2.26. The molecular weight excluding hydrogens is 428 g/mol. The number of rotatable bonds is 8. The average molecular weight is 451 g/mol. The smallest absolute Gasteiger partial charge is 0.236 e. The Labute approximate surface area is 189 Å². The molecule has 0 unspecified atom stereocenters. The van der Waals surface area contributed by atoms with Gasteiger partial charge < -0.3 is 0 Å². The van der Waals surface area contributed by atoms with Crippen molar-refractivity contribution in [1.82, 2.24) is 25.0 Å². The van der Waals surface area contributed by atoms with E-state index in [4.69, 9.17) is 0 Å². The van der Waals surface area contributed by atoms with Crippen LogP contribution in [0.3, 0.4) is 0 Å². The van der Waals surface area contributed by atoms with Gasteiger partial charge in [-0.1, -0.05) is 90.2 Å². The molecular formula is C22H22N6OS2. The molecule has 0 saturated heterocycles. The first-order chi connectivity index (χ1) is 15.1. The molecule has 9 heteroatoms. The minimum atomic E-state index is -0.143. The molecule has 0 bridgehead atoms. The van der Waals surface area contributed by atoms with Crippen LogP contribution < -0.4 is 5.32 Å². The summed E-state index contributed by atoms with van der Waals surface area (Å²) in [5.74, 6) is 0.846. The lowest BCUT2D eigenvalue weighted by Crippen LogP contribution is -2.14. The number of anilines is 1. The molecule has 4 rings (SSSR count). The zero-order valence-electron chi connectivity index (χ0n) is 17.3. The van der Waals surface area contributed by atoms with Gasteiger partial charge in [0.1, 0.15) is 5.01 Å². The Morgan fingerprint density at radius 1 is 1.06 bits per heavy atom. The molecule has 158 valence electrons. The second kappa shape index (κ2) is 9.84. The van der Waals surface area contributed by atoms with Gasteiger partial charge in [0.05, 0.1) is 12.3 Å². The first kappa shape index (κ1) is 21.2. The highest BCUT2D eigenvalue weighted by Gasteiger charge is 2.17. The Balaban J connectivity index is 1.53. The molecule has 1 N–H and O–H groups in total. The van der Waals surface area contributed by atoms with Crippen LogP contribution in [0.5, 0.6) is 0 Å². The largest absolute Gasteiger partial charge is 0.300 e. The van der Waals surface area contributed by atoms with Crippen LogP contribution >= 0.6 is 23.1 Å². The molecule has 0 aliphatic carbocycles. The summed E-state index contributed by atoms with van der Waals surface area (Å²) in [5.41, 5.74) is 3.34. The summed E-state index contributed by atoms with van der Waals surface area (Å²) in [5, 5.41) is 21.8. The molecule has 31 heavy (non-hydrogen) atoms. The third-order valence-corrected chi connectivity index (χ3v) is 6.47. The zero-order valence-corrected chi connectivity index (χ0v) is 18.9. The fourth-order valence-corrected chi connectivity index (χ4v) is 4.50. The summed E-state index contributed by atoms with van der Waals surface area (Å²) >= 11 is 2.75. The Hall–Kier alpha value is -3.04. The van der Waals surface area contributed by atoms with Gasteiger partial charge in [0, 0.05) is 5.56 Å². The number of aryl methyl sites for hydroxylation is 2. The molecule has 4 aromatic rings. The van der Waals surface area contributed by atoms with E-state index in [1.54, 1.807) is 0 Å². The number of hydrogen-bond acceptors (Lipinski definition) is 7. The van der Waals surface area contributed by atoms with Gasteiger partial charge in [-0.05, 0) is 18.9 Å². The minimum Gasteiger partial charge on any atom is -0.300 e. The van der Waals surface area contributed by atoms with Gasteiger partial charge in [0.25, 0.3) is 0 Å². The number of aromatic nitrogens is 5. The van der Waals surface area contributed by atoms with Crippen LogP contribution in [0.4, 0.5) is 5.13 Å². The molecule has 0 radical (unpaired) electrons. The fourth-order valence-electron chi connectivity index (χ4n) is 3.06. The van der Waals surface area contributed by atoms with E-state index < -0.39 is 0 Å². The molecule has 7 nitrogen and oxygen atoms in total. The van der Waals surface area contributed by atoms with Gasteiger partial charge in [0.15, 0.2) is 11.0 Å². The van der Waals surface area contributed by atoms with Gasteiger partial charge in [-0.25, -0.2) is 0 Å². The van der Waals surface area contributed by atoms with Crippen molar-refractivity contribution in [2.45, 2.75) is 32.0 Å². The van der Waals surface area contributed by atoms with Crippen LogP contribution in [0.25, 0.3) is 11.4 Å². The number of carbonyl (C=O) groups is 1. The number of thioether (sulfide) groups is 1. The molecule has 0 saturated carbocycles. The number of nitrogens with zero attached hydrogens (tertiary/aromatic N) is 5. The highest BCUT2D eigenvalue weighted by atomic mass is 32.2. The topological polar surface area (TPSA) is 85.6 Å². The second-order valence-electron chi connectivity index (χ2n) is 6.94. The number of carbonyl (C=O) groups excluding carboxylic acids is 1. The van der Waals surface area contributed by atoms with Gasteiger partial charge in [0.2, 0.25) is 11.0 Å². The predicted octanol–water partition coefficient (Wildman–Crippen LogP) is 4.45. The zero-order chi connectivity index (χ0) is 21.6. The first-order valence-electron chi connectivity index (χ1n) is 9.91. The molecule has 2 aromatic carbocycles. The molecule has 0 spiro atoms. The maximum absolute atomic E-state index is 12.4. The van der Waals surface area contributed by atoms with E-state index >= 15 is 0 Å². The lowest BCUT2D eigenvalue weighted by atomic mass is 10.1. The summed E-state index contributed by atoms with van der Waals surface area (Å²) in [6.45, 7) is 4.71. The molecule has 2 heterocycles. The molecule has 0 aliphatic rings. The van der Waals surface area contributed by atoms with Crippen molar-refractivity contribution in [3.8, 4) is 11.4 Å². The van der Waals surface area contributed by atoms with Crippen LogP contribution in [-0.2, 0) is 17.8 Å². The van der Waals surface area contributed by atoms with Crippen LogP contribution in [-0.4, -0.2) is 36.6 Å². The van der Waals surface area contributed by atoms with Crippen molar-refractivity contribution in [2.75, 3.05) is 11.1 Å². The van der Waals surface area contributed by atoms with E-state index in [9.17, 15) is 4.79 Å².